The van der Waals surface area contributed by atoms with Gasteiger partial charge in [0.25, 0.3) is 0 Å². The van der Waals surface area contributed by atoms with E-state index in [1.54, 1.807) is 18.7 Å². The van der Waals surface area contributed by atoms with Crippen molar-refractivity contribution in [3.63, 3.8) is 0 Å². The first kappa shape index (κ1) is 16.3. The molecule has 0 aromatic heterocycles. The molecule has 0 bridgehead atoms. The number of nitrogens with two attached hydrogens (primary N) is 1. The molecular weight excluding hydrogens is 268 g/mol. The minimum atomic E-state index is -2.96. The van der Waals surface area contributed by atoms with E-state index in [2.05, 4.69) is 4.90 Å². The summed E-state index contributed by atoms with van der Waals surface area (Å²) in [6.45, 7) is 7.47. The molecule has 2 N–H and O–H groups in total. The second-order valence-electron chi connectivity index (χ2n) is 5.61. The zero-order valence-corrected chi connectivity index (χ0v) is 13.3. The van der Waals surface area contributed by atoms with E-state index in [9.17, 15) is 8.42 Å². The van der Waals surface area contributed by atoms with Crippen LogP contribution in [0.4, 0.5) is 0 Å². The van der Waals surface area contributed by atoms with E-state index >= 15 is 0 Å². The van der Waals surface area contributed by atoms with E-state index in [1.807, 2.05) is 13.8 Å². The molecule has 0 aromatic rings. The zero-order chi connectivity index (χ0) is 13.8. The van der Waals surface area contributed by atoms with Gasteiger partial charge in [0.15, 0.2) is 9.84 Å². The van der Waals surface area contributed by atoms with Gasteiger partial charge in [-0.2, -0.15) is 11.8 Å². The quantitative estimate of drug-likeness (QED) is 0.800. The van der Waals surface area contributed by atoms with Crippen molar-refractivity contribution >= 4 is 21.6 Å². The summed E-state index contributed by atoms with van der Waals surface area (Å²) in [5, 5.41) is -0.290. The van der Waals surface area contributed by atoms with E-state index in [0.717, 1.165) is 31.7 Å². The summed E-state index contributed by atoms with van der Waals surface area (Å²) in [6.07, 6.45) is 1.89. The van der Waals surface area contributed by atoms with Crippen LogP contribution in [-0.4, -0.2) is 54.6 Å². The average Bonchev–Trinajstić information content (AvgIpc) is 2.28. The molecule has 4 nitrogen and oxygen atoms in total. The van der Waals surface area contributed by atoms with E-state index in [1.165, 1.54) is 0 Å². The highest BCUT2D eigenvalue weighted by Gasteiger charge is 2.32. The third kappa shape index (κ3) is 5.07. The van der Waals surface area contributed by atoms with E-state index in [0.29, 0.717) is 5.75 Å². The molecule has 0 spiro atoms. The molecule has 0 saturated carbocycles. The van der Waals surface area contributed by atoms with E-state index in [-0.39, 0.29) is 16.7 Å². The fourth-order valence-corrected chi connectivity index (χ4v) is 5.24. The van der Waals surface area contributed by atoms with Crippen LogP contribution in [0, 0.1) is 0 Å². The first-order chi connectivity index (χ1) is 8.26. The third-order valence-electron chi connectivity index (χ3n) is 3.27. The number of thioether (sulfide) groups is 1. The van der Waals surface area contributed by atoms with Crippen LogP contribution < -0.4 is 5.73 Å². The van der Waals surface area contributed by atoms with Crippen LogP contribution >= 0.6 is 11.8 Å². The Labute approximate surface area is 116 Å². The van der Waals surface area contributed by atoms with Crippen LogP contribution in [0.3, 0.4) is 0 Å². The topological polar surface area (TPSA) is 63.4 Å². The van der Waals surface area contributed by atoms with Gasteiger partial charge in [-0.25, -0.2) is 8.42 Å². The van der Waals surface area contributed by atoms with Crippen molar-refractivity contribution < 1.29 is 8.42 Å². The van der Waals surface area contributed by atoms with Crippen LogP contribution in [0.1, 0.15) is 33.6 Å². The van der Waals surface area contributed by atoms with Crippen molar-refractivity contribution in [2.75, 3.05) is 30.3 Å². The lowest BCUT2D eigenvalue weighted by Gasteiger charge is -2.35. The van der Waals surface area contributed by atoms with Crippen LogP contribution in [-0.2, 0) is 9.84 Å². The molecule has 0 amide bonds. The molecule has 18 heavy (non-hydrogen) atoms. The molecule has 1 atom stereocenters. The summed E-state index contributed by atoms with van der Waals surface area (Å²) in [7, 11) is -2.96. The Morgan fingerprint density at radius 3 is 2.67 bits per heavy atom. The number of sulfone groups is 1. The van der Waals surface area contributed by atoms with Gasteiger partial charge in [-0.3, -0.25) is 4.90 Å². The Kier molecular flexibility index (Phi) is 5.96. The Bertz CT molecular complexity index is 350. The Hall–Kier alpha value is 0.220. The molecule has 1 saturated heterocycles. The number of hydrogen-bond donors (Lipinski definition) is 1. The minimum Gasteiger partial charge on any atom is -0.326 e. The van der Waals surface area contributed by atoms with Crippen molar-refractivity contribution in [3.05, 3.63) is 0 Å². The highest BCUT2D eigenvalue weighted by molar-refractivity contribution is 8.01. The largest absolute Gasteiger partial charge is 0.326 e. The average molecular weight is 294 g/mol. The maximum absolute atomic E-state index is 12.0. The molecule has 1 aliphatic heterocycles. The van der Waals surface area contributed by atoms with Gasteiger partial charge in [0.05, 0.1) is 0 Å². The molecule has 6 heteroatoms. The van der Waals surface area contributed by atoms with Crippen molar-refractivity contribution in [3.8, 4) is 0 Å². The molecule has 108 valence electrons. The van der Waals surface area contributed by atoms with Gasteiger partial charge in [0, 0.05) is 29.3 Å². The Balaban J connectivity index is 2.56. The minimum absolute atomic E-state index is 0.163. The van der Waals surface area contributed by atoms with Crippen molar-refractivity contribution in [1.82, 2.24) is 4.90 Å². The van der Waals surface area contributed by atoms with Crippen molar-refractivity contribution in [2.45, 2.75) is 44.5 Å². The predicted molar refractivity (Wildman–Crippen MR) is 79.6 cm³/mol. The standard InChI is InChI=1S/C12H26N2O2S2/c1-4-18(15,16)11-10-17-9-8-14(11)7-5-6-12(2,3)13/h11H,4-10,13H2,1-3H3. The van der Waals surface area contributed by atoms with Gasteiger partial charge < -0.3 is 5.73 Å². The summed E-state index contributed by atoms with van der Waals surface area (Å²) in [4.78, 5) is 2.13. The highest BCUT2D eigenvalue weighted by atomic mass is 32.2. The Morgan fingerprint density at radius 1 is 1.44 bits per heavy atom. The maximum atomic E-state index is 12.0. The second kappa shape index (κ2) is 6.59. The summed E-state index contributed by atoms with van der Waals surface area (Å²) in [6, 6.07) is 0. The summed E-state index contributed by atoms with van der Waals surface area (Å²) < 4.78 is 24.1. The van der Waals surface area contributed by atoms with Gasteiger partial charge in [-0.1, -0.05) is 6.92 Å². The molecule has 1 unspecified atom stereocenters. The van der Waals surface area contributed by atoms with Crippen molar-refractivity contribution in [2.24, 2.45) is 5.73 Å². The highest BCUT2D eigenvalue weighted by Crippen LogP contribution is 2.22. The van der Waals surface area contributed by atoms with Gasteiger partial charge in [0.1, 0.15) is 5.37 Å². The monoisotopic (exact) mass is 294 g/mol. The fraction of sp³-hybridized carbons (Fsp3) is 1.00. The molecule has 1 aliphatic rings. The van der Waals surface area contributed by atoms with Crippen LogP contribution in [0.15, 0.2) is 0 Å². The second-order valence-corrected chi connectivity index (χ2v) is 9.21. The van der Waals surface area contributed by atoms with Crippen LogP contribution in [0.2, 0.25) is 0 Å². The molecule has 0 radical (unpaired) electrons. The summed E-state index contributed by atoms with van der Waals surface area (Å²) >= 11 is 1.74. The normalized spacial score (nSPS) is 23.2. The van der Waals surface area contributed by atoms with E-state index < -0.39 is 9.84 Å². The molecular formula is C12H26N2O2S2. The first-order valence-electron chi connectivity index (χ1n) is 6.58. The maximum Gasteiger partial charge on any atom is 0.166 e. The van der Waals surface area contributed by atoms with Crippen LogP contribution in [0.25, 0.3) is 0 Å². The van der Waals surface area contributed by atoms with Gasteiger partial charge in [-0.15, -0.1) is 0 Å². The fourth-order valence-electron chi connectivity index (χ4n) is 2.13. The lowest BCUT2D eigenvalue weighted by Crippen LogP contribution is -2.48. The third-order valence-corrected chi connectivity index (χ3v) is 6.61. The zero-order valence-electron chi connectivity index (χ0n) is 11.7. The molecule has 1 fully saturated rings. The molecule has 1 heterocycles. The number of hydrogen-bond acceptors (Lipinski definition) is 5. The van der Waals surface area contributed by atoms with E-state index in [4.69, 9.17) is 5.73 Å². The van der Waals surface area contributed by atoms with Gasteiger partial charge in [0.2, 0.25) is 0 Å². The lowest BCUT2D eigenvalue weighted by molar-refractivity contribution is 0.255. The van der Waals surface area contributed by atoms with Gasteiger partial charge >= 0.3 is 0 Å². The molecule has 0 aromatic carbocycles. The number of nitrogens with zero attached hydrogens (tertiary/aromatic N) is 1. The lowest BCUT2D eigenvalue weighted by atomic mass is 10.00. The van der Waals surface area contributed by atoms with Crippen LogP contribution in [0.5, 0.6) is 0 Å². The Morgan fingerprint density at radius 2 is 2.11 bits per heavy atom. The smallest absolute Gasteiger partial charge is 0.166 e. The first-order valence-corrected chi connectivity index (χ1v) is 9.45. The van der Waals surface area contributed by atoms with Crippen molar-refractivity contribution in [1.29, 1.82) is 0 Å². The summed E-state index contributed by atoms with van der Waals surface area (Å²) in [5.74, 6) is 1.97. The summed E-state index contributed by atoms with van der Waals surface area (Å²) in [5.41, 5.74) is 5.79. The van der Waals surface area contributed by atoms with Gasteiger partial charge in [-0.05, 0) is 33.2 Å². The molecule has 1 rings (SSSR count). The molecule has 0 aliphatic carbocycles. The number of rotatable bonds is 6. The SMILES string of the molecule is CCS(=O)(=O)C1CSCCN1CCCC(C)(C)N. The predicted octanol–water partition coefficient (Wildman–Crippen LogP) is 1.31.